The number of carbonyl (C=O) groups excluding carboxylic acids is 1. The van der Waals surface area contributed by atoms with Crippen LogP contribution in [-0.2, 0) is 0 Å². The number of hydrogen-bond acceptors (Lipinski definition) is 2. The molecule has 0 unspecified atom stereocenters. The van der Waals surface area contributed by atoms with E-state index in [0.717, 1.165) is 6.07 Å². The average molecular weight is 214 g/mol. The Balaban J connectivity index is 3.20. The van der Waals surface area contributed by atoms with Crippen LogP contribution in [0.25, 0.3) is 0 Å². The Labute approximate surface area is 86.9 Å². The molecule has 2 nitrogen and oxygen atoms in total. The molecule has 0 saturated carbocycles. The fourth-order valence-electron chi connectivity index (χ4n) is 1.34. The smallest absolute Gasteiger partial charge is 0.168 e. The molecule has 0 saturated heterocycles. The van der Waals surface area contributed by atoms with Crippen LogP contribution in [0, 0.1) is 11.6 Å². The molecule has 1 aromatic rings. The number of hydrogen-bond donors (Lipinski definition) is 0. The van der Waals surface area contributed by atoms with E-state index in [1.165, 1.54) is 7.11 Å². The van der Waals surface area contributed by atoms with Crippen LogP contribution in [0.4, 0.5) is 8.78 Å². The zero-order valence-electron chi connectivity index (χ0n) is 8.64. The third-order valence-corrected chi connectivity index (χ3v) is 1.99. The van der Waals surface area contributed by atoms with Gasteiger partial charge in [-0.1, -0.05) is 6.92 Å². The highest BCUT2D eigenvalue weighted by atomic mass is 19.1. The maximum atomic E-state index is 13.2. The van der Waals surface area contributed by atoms with Gasteiger partial charge in [0, 0.05) is 12.5 Å². The van der Waals surface area contributed by atoms with Gasteiger partial charge in [0.2, 0.25) is 0 Å². The van der Waals surface area contributed by atoms with Crippen LogP contribution >= 0.6 is 0 Å². The summed E-state index contributed by atoms with van der Waals surface area (Å²) in [6.45, 7) is 1.82. The summed E-state index contributed by atoms with van der Waals surface area (Å²) in [6, 6.07) is 1.70. The van der Waals surface area contributed by atoms with E-state index in [2.05, 4.69) is 0 Å². The minimum atomic E-state index is -0.850. The lowest BCUT2D eigenvalue weighted by molar-refractivity contribution is 0.0977. The molecule has 0 fully saturated rings. The van der Waals surface area contributed by atoms with Crippen molar-refractivity contribution in [2.45, 2.75) is 19.8 Å². The van der Waals surface area contributed by atoms with Crippen LogP contribution in [0.2, 0.25) is 0 Å². The number of Topliss-reactive ketones (excluding diaryl/α,β-unsaturated/α-hetero) is 1. The summed E-state index contributed by atoms with van der Waals surface area (Å²) in [4.78, 5) is 11.5. The van der Waals surface area contributed by atoms with Crippen molar-refractivity contribution in [3.05, 3.63) is 29.3 Å². The molecule has 82 valence electrons. The molecule has 1 aromatic carbocycles. The number of carbonyl (C=O) groups is 1. The normalized spacial score (nSPS) is 10.1. The van der Waals surface area contributed by atoms with Gasteiger partial charge in [0.05, 0.1) is 12.7 Å². The van der Waals surface area contributed by atoms with Crippen LogP contribution in [0.1, 0.15) is 30.1 Å². The molecule has 0 aliphatic heterocycles. The second kappa shape index (κ2) is 4.87. The summed E-state index contributed by atoms with van der Waals surface area (Å²) in [6.07, 6.45) is 0.874. The molecule has 0 heterocycles. The number of halogens is 2. The van der Waals surface area contributed by atoms with E-state index in [-0.39, 0.29) is 23.5 Å². The Hall–Kier alpha value is -1.45. The zero-order valence-corrected chi connectivity index (χ0v) is 8.64. The van der Waals surface area contributed by atoms with Crippen molar-refractivity contribution in [3.63, 3.8) is 0 Å². The van der Waals surface area contributed by atoms with Crippen molar-refractivity contribution in [2.75, 3.05) is 7.11 Å². The minimum absolute atomic E-state index is 0.0307. The maximum Gasteiger partial charge on any atom is 0.168 e. The molecule has 0 bridgehead atoms. The van der Waals surface area contributed by atoms with E-state index in [9.17, 15) is 13.6 Å². The van der Waals surface area contributed by atoms with Crippen molar-refractivity contribution in [2.24, 2.45) is 0 Å². The lowest BCUT2D eigenvalue weighted by Crippen LogP contribution is -2.04. The second-order valence-corrected chi connectivity index (χ2v) is 3.14. The van der Waals surface area contributed by atoms with E-state index in [4.69, 9.17) is 4.74 Å². The third-order valence-electron chi connectivity index (χ3n) is 1.99. The molecule has 0 atom stereocenters. The predicted molar refractivity (Wildman–Crippen MR) is 52.1 cm³/mol. The van der Waals surface area contributed by atoms with Gasteiger partial charge in [0.25, 0.3) is 0 Å². The van der Waals surface area contributed by atoms with Gasteiger partial charge in [-0.25, -0.2) is 8.78 Å². The fourth-order valence-corrected chi connectivity index (χ4v) is 1.34. The van der Waals surface area contributed by atoms with Crippen molar-refractivity contribution in [1.82, 2.24) is 0 Å². The first-order chi connectivity index (χ1) is 7.10. The SMILES string of the molecule is CCCC(=O)c1cc(F)cc(F)c1OC. The summed E-state index contributed by atoms with van der Waals surface area (Å²) < 4.78 is 30.8. The van der Waals surface area contributed by atoms with Gasteiger partial charge < -0.3 is 4.74 Å². The fraction of sp³-hybridized carbons (Fsp3) is 0.364. The molecule has 0 spiro atoms. The molecule has 0 aliphatic carbocycles. The van der Waals surface area contributed by atoms with Crippen molar-refractivity contribution < 1.29 is 18.3 Å². The lowest BCUT2D eigenvalue weighted by atomic mass is 10.1. The van der Waals surface area contributed by atoms with Gasteiger partial charge in [0.15, 0.2) is 17.3 Å². The maximum absolute atomic E-state index is 13.2. The highest BCUT2D eigenvalue weighted by molar-refractivity contribution is 5.98. The first-order valence-electron chi connectivity index (χ1n) is 4.66. The standard InChI is InChI=1S/C11H12F2O2/c1-3-4-10(14)8-5-7(12)6-9(13)11(8)15-2/h5-6H,3-4H2,1-2H3. The number of benzene rings is 1. The van der Waals surface area contributed by atoms with Crippen LogP contribution in [0.5, 0.6) is 5.75 Å². The van der Waals surface area contributed by atoms with E-state index < -0.39 is 11.6 Å². The minimum Gasteiger partial charge on any atom is -0.493 e. The van der Waals surface area contributed by atoms with E-state index in [0.29, 0.717) is 12.5 Å². The Kier molecular flexibility index (Phi) is 3.77. The quantitative estimate of drug-likeness (QED) is 0.720. The number of ether oxygens (including phenoxy) is 1. The van der Waals surface area contributed by atoms with Gasteiger partial charge in [-0.15, -0.1) is 0 Å². The molecule has 0 amide bonds. The topological polar surface area (TPSA) is 26.3 Å². The summed E-state index contributed by atoms with van der Waals surface area (Å²) in [5, 5.41) is 0. The van der Waals surface area contributed by atoms with Gasteiger partial charge in [0.1, 0.15) is 5.82 Å². The molecule has 0 radical (unpaired) electrons. The van der Waals surface area contributed by atoms with Crippen molar-refractivity contribution in [3.8, 4) is 5.75 Å². The lowest BCUT2D eigenvalue weighted by Gasteiger charge is -2.08. The monoisotopic (exact) mass is 214 g/mol. The van der Waals surface area contributed by atoms with E-state index >= 15 is 0 Å². The summed E-state index contributed by atoms with van der Waals surface area (Å²) >= 11 is 0. The zero-order chi connectivity index (χ0) is 11.4. The highest BCUT2D eigenvalue weighted by Crippen LogP contribution is 2.25. The third kappa shape index (κ3) is 2.52. The summed E-state index contributed by atoms with van der Waals surface area (Å²) in [5.41, 5.74) is -0.0307. The summed E-state index contributed by atoms with van der Waals surface area (Å²) in [5.74, 6) is -2.12. The molecular formula is C11H12F2O2. The summed E-state index contributed by atoms with van der Waals surface area (Å²) in [7, 11) is 1.25. The van der Waals surface area contributed by atoms with Gasteiger partial charge in [-0.2, -0.15) is 0 Å². The molecule has 1 rings (SSSR count). The van der Waals surface area contributed by atoms with Crippen LogP contribution in [0.3, 0.4) is 0 Å². The second-order valence-electron chi connectivity index (χ2n) is 3.14. The molecule has 15 heavy (non-hydrogen) atoms. The van der Waals surface area contributed by atoms with Gasteiger partial charge >= 0.3 is 0 Å². The molecule has 0 N–H and O–H groups in total. The Bertz CT molecular complexity index is 375. The van der Waals surface area contributed by atoms with Gasteiger partial charge in [-0.05, 0) is 12.5 Å². The van der Waals surface area contributed by atoms with Crippen LogP contribution in [0.15, 0.2) is 12.1 Å². The molecule has 4 heteroatoms. The Morgan fingerprint density at radius 2 is 2.07 bits per heavy atom. The largest absolute Gasteiger partial charge is 0.493 e. The van der Waals surface area contributed by atoms with E-state index in [1.807, 2.05) is 6.92 Å². The van der Waals surface area contributed by atoms with Gasteiger partial charge in [-0.3, -0.25) is 4.79 Å². The number of methoxy groups -OCH3 is 1. The number of rotatable bonds is 4. The first-order valence-corrected chi connectivity index (χ1v) is 4.66. The molecule has 0 aromatic heterocycles. The van der Waals surface area contributed by atoms with Crippen molar-refractivity contribution in [1.29, 1.82) is 0 Å². The van der Waals surface area contributed by atoms with Crippen LogP contribution < -0.4 is 4.74 Å². The first kappa shape index (κ1) is 11.6. The molecular weight excluding hydrogens is 202 g/mol. The van der Waals surface area contributed by atoms with Crippen molar-refractivity contribution >= 4 is 5.78 Å². The molecule has 0 aliphatic rings. The Morgan fingerprint density at radius 1 is 1.40 bits per heavy atom. The average Bonchev–Trinajstić information content (AvgIpc) is 2.17. The predicted octanol–water partition coefficient (Wildman–Crippen LogP) is 2.96. The number of ketones is 1. The highest BCUT2D eigenvalue weighted by Gasteiger charge is 2.17. The van der Waals surface area contributed by atoms with Crippen LogP contribution in [-0.4, -0.2) is 12.9 Å². The van der Waals surface area contributed by atoms with E-state index in [1.54, 1.807) is 0 Å². The Morgan fingerprint density at radius 3 is 2.60 bits per heavy atom.